The molecule has 96 valence electrons. The summed E-state index contributed by atoms with van der Waals surface area (Å²) >= 11 is 7.91. The predicted octanol–water partition coefficient (Wildman–Crippen LogP) is 3.56. The number of halogens is 1. The van der Waals surface area contributed by atoms with E-state index in [-0.39, 0.29) is 0 Å². The van der Waals surface area contributed by atoms with Gasteiger partial charge in [-0.1, -0.05) is 18.5 Å². The summed E-state index contributed by atoms with van der Waals surface area (Å²) in [6.45, 7) is 3.10. The monoisotopic (exact) mass is 280 g/mol. The maximum Gasteiger partial charge on any atom is 0.0621 e. The van der Waals surface area contributed by atoms with Crippen LogP contribution in [0.4, 0.5) is 0 Å². The van der Waals surface area contributed by atoms with Gasteiger partial charge in [-0.05, 0) is 53.4 Å². The molecule has 2 aromatic rings. The molecule has 2 rings (SSSR count). The maximum absolute atomic E-state index is 6.16. The van der Waals surface area contributed by atoms with Crippen LogP contribution in [0.15, 0.2) is 35.3 Å². The van der Waals surface area contributed by atoms with Crippen molar-refractivity contribution in [1.29, 1.82) is 0 Å². The molecule has 2 nitrogen and oxygen atoms in total. The van der Waals surface area contributed by atoms with Gasteiger partial charge in [0.05, 0.1) is 5.02 Å². The fraction of sp³-hybridized carbons (Fsp3) is 0.357. The molecule has 2 aromatic heterocycles. The molecule has 1 unspecified atom stereocenters. The summed E-state index contributed by atoms with van der Waals surface area (Å²) in [5, 5.41) is 8.61. The third-order valence-electron chi connectivity index (χ3n) is 2.88. The van der Waals surface area contributed by atoms with Gasteiger partial charge in [-0.3, -0.25) is 4.98 Å². The first-order chi connectivity index (χ1) is 8.79. The first kappa shape index (κ1) is 13.5. The van der Waals surface area contributed by atoms with E-state index < -0.39 is 0 Å². The van der Waals surface area contributed by atoms with Gasteiger partial charge in [0.2, 0.25) is 0 Å². The standard InChI is InChI=1S/C14H17ClN2S/c1-2-17-13(7-11-4-6-18-10-11)8-12-3-5-16-9-14(12)15/h3-6,9-10,13,17H,2,7-8H2,1H3. The van der Waals surface area contributed by atoms with Gasteiger partial charge in [0, 0.05) is 18.4 Å². The third-order valence-corrected chi connectivity index (χ3v) is 3.95. The molecule has 0 amide bonds. The Hall–Kier alpha value is -0.900. The molecule has 0 radical (unpaired) electrons. The fourth-order valence-corrected chi connectivity index (χ4v) is 2.91. The minimum Gasteiger partial charge on any atom is -0.314 e. The Morgan fingerprint density at radius 2 is 2.28 bits per heavy atom. The van der Waals surface area contributed by atoms with Crippen LogP contribution in [0, 0.1) is 0 Å². The topological polar surface area (TPSA) is 24.9 Å². The summed E-state index contributed by atoms with van der Waals surface area (Å²) < 4.78 is 0. The molecular weight excluding hydrogens is 264 g/mol. The maximum atomic E-state index is 6.16. The molecule has 0 spiro atoms. The summed E-state index contributed by atoms with van der Waals surface area (Å²) in [5.41, 5.74) is 2.55. The lowest BCUT2D eigenvalue weighted by Crippen LogP contribution is -2.33. The van der Waals surface area contributed by atoms with Crippen LogP contribution in [0.1, 0.15) is 18.1 Å². The van der Waals surface area contributed by atoms with E-state index in [0.29, 0.717) is 6.04 Å². The van der Waals surface area contributed by atoms with Crippen molar-refractivity contribution in [2.45, 2.75) is 25.8 Å². The van der Waals surface area contributed by atoms with Crippen LogP contribution in [0.3, 0.4) is 0 Å². The molecule has 2 heterocycles. The molecule has 4 heteroatoms. The van der Waals surface area contributed by atoms with Crippen LogP contribution >= 0.6 is 22.9 Å². The minimum atomic E-state index is 0.421. The van der Waals surface area contributed by atoms with Gasteiger partial charge >= 0.3 is 0 Å². The van der Waals surface area contributed by atoms with E-state index in [1.165, 1.54) is 5.56 Å². The number of aromatic nitrogens is 1. The van der Waals surface area contributed by atoms with Gasteiger partial charge in [-0.15, -0.1) is 0 Å². The van der Waals surface area contributed by atoms with Gasteiger partial charge in [0.1, 0.15) is 0 Å². The van der Waals surface area contributed by atoms with E-state index in [0.717, 1.165) is 30.0 Å². The fourth-order valence-electron chi connectivity index (χ4n) is 2.03. The smallest absolute Gasteiger partial charge is 0.0621 e. The summed E-state index contributed by atoms with van der Waals surface area (Å²) in [6.07, 6.45) is 5.49. The predicted molar refractivity (Wildman–Crippen MR) is 78.4 cm³/mol. The van der Waals surface area contributed by atoms with Crippen LogP contribution < -0.4 is 5.32 Å². The molecular formula is C14H17ClN2S. The second-order valence-corrected chi connectivity index (χ2v) is 5.45. The van der Waals surface area contributed by atoms with E-state index in [2.05, 4.69) is 34.1 Å². The first-order valence-electron chi connectivity index (χ1n) is 6.12. The summed E-state index contributed by atoms with van der Waals surface area (Å²) in [5.74, 6) is 0. The molecule has 0 aliphatic rings. The van der Waals surface area contributed by atoms with Crippen molar-refractivity contribution in [3.63, 3.8) is 0 Å². The Kier molecular flexibility index (Phi) is 5.17. The number of thiophene rings is 1. The zero-order chi connectivity index (χ0) is 12.8. The van der Waals surface area contributed by atoms with Crippen molar-refractivity contribution in [2.75, 3.05) is 6.54 Å². The Morgan fingerprint density at radius 1 is 1.39 bits per heavy atom. The molecule has 0 saturated heterocycles. The van der Waals surface area contributed by atoms with Gasteiger partial charge in [-0.25, -0.2) is 0 Å². The molecule has 0 aliphatic heterocycles. The largest absolute Gasteiger partial charge is 0.314 e. The molecule has 1 N–H and O–H groups in total. The quantitative estimate of drug-likeness (QED) is 0.875. The molecule has 0 aromatic carbocycles. The Labute approximate surface area is 117 Å². The van der Waals surface area contributed by atoms with Crippen molar-refractivity contribution >= 4 is 22.9 Å². The van der Waals surface area contributed by atoms with E-state index in [9.17, 15) is 0 Å². The van der Waals surface area contributed by atoms with Crippen molar-refractivity contribution < 1.29 is 0 Å². The third kappa shape index (κ3) is 3.80. The van der Waals surface area contributed by atoms with E-state index in [4.69, 9.17) is 11.6 Å². The molecule has 18 heavy (non-hydrogen) atoms. The van der Waals surface area contributed by atoms with Crippen molar-refractivity contribution in [2.24, 2.45) is 0 Å². The highest BCUT2D eigenvalue weighted by Gasteiger charge is 2.11. The Bertz CT molecular complexity index is 470. The normalized spacial score (nSPS) is 12.6. The van der Waals surface area contributed by atoms with Crippen LogP contribution in [0.5, 0.6) is 0 Å². The highest BCUT2D eigenvalue weighted by atomic mass is 35.5. The van der Waals surface area contributed by atoms with Crippen molar-refractivity contribution in [1.82, 2.24) is 10.3 Å². The van der Waals surface area contributed by atoms with Gasteiger partial charge < -0.3 is 5.32 Å². The van der Waals surface area contributed by atoms with Crippen LogP contribution in [-0.4, -0.2) is 17.6 Å². The highest BCUT2D eigenvalue weighted by molar-refractivity contribution is 7.07. The van der Waals surface area contributed by atoms with Gasteiger partial charge in [0.25, 0.3) is 0 Å². The minimum absolute atomic E-state index is 0.421. The second-order valence-electron chi connectivity index (χ2n) is 4.26. The molecule has 1 atom stereocenters. The lowest BCUT2D eigenvalue weighted by molar-refractivity contribution is 0.522. The van der Waals surface area contributed by atoms with E-state index in [1.807, 2.05) is 6.07 Å². The van der Waals surface area contributed by atoms with Crippen LogP contribution in [0.2, 0.25) is 5.02 Å². The SMILES string of the molecule is CCNC(Cc1ccsc1)Cc1ccncc1Cl. The molecule has 0 aliphatic carbocycles. The summed E-state index contributed by atoms with van der Waals surface area (Å²) in [7, 11) is 0. The number of rotatable bonds is 6. The Morgan fingerprint density at radius 3 is 2.94 bits per heavy atom. The van der Waals surface area contributed by atoms with E-state index >= 15 is 0 Å². The van der Waals surface area contributed by atoms with Gasteiger partial charge in [0.15, 0.2) is 0 Å². The number of pyridine rings is 1. The Balaban J connectivity index is 2.04. The van der Waals surface area contributed by atoms with Crippen LogP contribution in [-0.2, 0) is 12.8 Å². The lowest BCUT2D eigenvalue weighted by atomic mass is 10.0. The zero-order valence-electron chi connectivity index (χ0n) is 10.4. The van der Waals surface area contributed by atoms with E-state index in [1.54, 1.807) is 23.7 Å². The zero-order valence-corrected chi connectivity index (χ0v) is 12.0. The lowest BCUT2D eigenvalue weighted by Gasteiger charge is -2.18. The van der Waals surface area contributed by atoms with Crippen molar-refractivity contribution in [3.8, 4) is 0 Å². The van der Waals surface area contributed by atoms with Gasteiger partial charge in [-0.2, -0.15) is 11.3 Å². The summed E-state index contributed by atoms with van der Waals surface area (Å²) in [4.78, 5) is 4.02. The molecule has 0 bridgehead atoms. The second kappa shape index (κ2) is 6.88. The first-order valence-corrected chi connectivity index (χ1v) is 7.44. The number of likely N-dealkylation sites (N-methyl/N-ethyl adjacent to an activating group) is 1. The molecule has 0 saturated carbocycles. The van der Waals surface area contributed by atoms with Crippen LogP contribution in [0.25, 0.3) is 0 Å². The molecule has 0 fully saturated rings. The number of nitrogens with one attached hydrogen (secondary N) is 1. The number of nitrogens with zero attached hydrogens (tertiary/aromatic N) is 1. The van der Waals surface area contributed by atoms with Crippen molar-refractivity contribution in [3.05, 3.63) is 51.4 Å². The average Bonchev–Trinajstić information content (AvgIpc) is 2.85. The highest BCUT2D eigenvalue weighted by Crippen LogP contribution is 2.17. The number of hydrogen-bond donors (Lipinski definition) is 1. The number of hydrogen-bond acceptors (Lipinski definition) is 3. The average molecular weight is 281 g/mol. The summed E-state index contributed by atoms with van der Waals surface area (Å²) in [6, 6.07) is 4.60.